The van der Waals surface area contributed by atoms with Gasteiger partial charge in [0.15, 0.2) is 0 Å². The molecule has 1 unspecified atom stereocenters. The summed E-state index contributed by atoms with van der Waals surface area (Å²) in [6, 6.07) is 0.0265. The molecule has 190 valence electrons. The molecular weight excluding hydrogens is 418 g/mol. The maximum absolute atomic E-state index is 13.6. The number of carboxylic acid groups (broad SMARTS) is 1. The number of rotatable bonds is 11. The maximum atomic E-state index is 13.6. The quantitative estimate of drug-likeness (QED) is 0.372. The highest BCUT2D eigenvalue weighted by atomic mass is 16.6. The molecule has 0 radical (unpaired) electrons. The van der Waals surface area contributed by atoms with Gasteiger partial charge in [0, 0.05) is 6.04 Å². The Kier molecular flexibility index (Phi) is 10.2. The van der Waals surface area contributed by atoms with E-state index in [0.29, 0.717) is 19.3 Å². The highest BCUT2D eigenvalue weighted by molar-refractivity contribution is 5.84. The number of esters is 1. The summed E-state index contributed by atoms with van der Waals surface area (Å²) in [5, 5.41) is 13.0. The fourth-order valence-corrected chi connectivity index (χ4v) is 5.93. The third-order valence-electron chi connectivity index (χ3n) is 7.62. The van der Waals surface area contributed by atoms with E-state index in [1.165, 1.54) is 0 Å². The first-order chi connectivity index (χ1) is 15.5. The molecule has 0 aromatic carbocycles. The highest BCUT2D eigenvalue weighted by Gasteiger charge is 2.46. The van der Waals surface area contributed by atoms with Crippen molar-refractivity contribution < 1.29 is 24.2 Å². The Morgan fingerprint density at radius 3 is 2.30 bits per heavy atom. The van der Waals surface area contributed by atoms with Crippen molar-refractivity contribution in [2.75, 3.05) is 0 Å². The Balaban J connectivity index is 2.10. The van der Waals surface area contributed by atoms with Crippen LogP contribution in [0.3, 0.4) is 0 Å². The molecule has 2 N–H and O–H groups in total. The zero-order valence-corrected chi connectivity index (χ0v) is 21.6. The lowest BCUT2D eigenvalue weighted by Crippen LogP contribution is -2.49. The topological polar surface area (TPSA) is 92.7 Å². The van der Waals surface area contributed by atoms with Crippen LogP contribution in [0.5, 0.6) is 0 Å². The van der Waals surface area contributed by atoms with Gasteiger partial charge >= 0.3 is 11.9 Å². The van der Waals surface area contributed by atoms with Gasteiger partial charge in [0.05, 0.1) is 17.3 Å². The molecule has 33 heavy (non-hydrogen) atoms. The van der Waals surface area contributed by atoms with E-state index < -0.39 is 17.0 Å². The van der Waals surface area contributed by atoms with Gasteiger partial charge in [0.2, 0.25) is 5.91 Å². The van der Waals surface area contributed by atoms with Crippen LogP contribution < -0.4 is 5.32 Å². The maximum Gasteiger partial charge on any atom is 0.309 e. The Morgan fingerprint density at radius 1 is 1.09 bits per heavy atom. The minimum absolute atomic E-state index is 0.0265. The van der Waals surface area contributed by atoms with Crippen LogP contribution in [0.1, 0.15) is 118 Å². The lowest BCUT2D eigenvalue weighted by molar-refractivity contribution is -0.162. The summed E-state index contributed by atoms with van der Waals surface area (Å²) in [5.41, 5.74) is -1.05. The van der Waals surface area contributed by atoms with Gasteiger partial charge in [-0.15, -0.1) is 0 Å². The molecule has 2 aliphatic rings. The van der Waals surface area contributed by atoms with Crippen molar-refractivity contribution in [2.45, 2.75) is 130 Å². The highest BCUT2D eigenvalue weighted by Crippen LogP contribution is 2.45. The number of nitrogens with one attached hydrogen (secondary N) is 1. The summed E-state index contributed by atoms with van der Waals surface area (Å²) in [4.78, 5) is 38.3. The number of unbranched alkanes of at least 4 members (excludes halogenated alkanes) is 1. The molecule has 0 aromatic rings. The smallest absolute Gasteiger partial charge is 0.309 e. The van der Waals surface area contributed by atoms with Crippen LogP contribution in [0.4, 0.5) is 0 Å². The van der Waals surface area contributed by atoms with Crippen LogP contribution in [-0.2, 0) is 19.1 Å². The van der Waals surface area contributed by atoms with E-state index >= 15 is 0 Å². The van der Waals surface area contributed by atoms with E-state index in [-0.39, 0.29) is 35.7 Å². The van der Waals surface area contributed by atoms with Gasteiger partial charge in [-0.3, -0.25) is 14.4 Å². The molecule has 2 saturated carbocycles. The Labute approximate surface area is 200 Å². The Hall–Kier alpha value is -1.59. The van der Waals surface area contributed by atoms with Gasteiger partial charge in [0.25, 0.3) is 0 Å². The number of amides is 1. The molecule has 2 rings (SSSR count). The minimum Gasteiger partial charge on any atom is -0.481 e. The van der Waals surface area contributed by atoms with Crippen LogP contribution in [0.25, 0.3) is 0 Å². The Morgan fingerprint density at radius 2 is 1.76 bits per heavy atom. The number of aliphatic carboxylic acids is 1. The standard InChI is InChI=1S/C27H47NO5/c1-6-8-12-19-17-21(13-14-22(19)23(29)30)28-25(32)27(15-9-10-16-27)18-20(11-7-2)24(31)33-26(3,4)5/h19-22H,6-18H2,1-5H3,(H,28,32)(H,29,30)/t19-,20?,21+,22-/m1/s1. The largest absolute Gasteiger partial charge is 0.481 e. The second kappa shape index (κ2) is 12.2. The summed E-state index contributed by atoms with van der Waals surface area (Å²) < 4.78 is 5.70. The first kappa shape index (κ1) is 27.7. The summed E-state index contributed by atoms with van der Waals surface area (Å²) in [7, 11) is 0. The number of ether oxygens (including phenoxy) is 1. The normalized spacial score (nSPS) is 25.9. The van der Waals surface area contributed by atoms with Gasteiger partial charge in [-0.25, -0.2) is 0 Å². The third kappa shape index (κ3) is 7.99. The SMILES string of the molecule is CCCC[C@@H]1C[C@@H](NC(=O)C2(CC(CCC)C(=O)OC(C)(C)C)CCCC2)CC[C@H]1C(=O)O. The summed E-state index contributed by atoms with van der Waals surface area (Å²) in [6.45, 7) is 9.84. The van der Waals surface area contributed by atoms with E-state index in [1.807, 2.05) is 20.8 Å². The fourth-order valence-electron chi connectivity index (χ4n) is 5.93. The van der Waals surface area contributed by atoms with Gasteiger partial charge in [-0.1, -0.05) is 46.0 Å². The number of carbonyl (C=O) groups is 3. The van der Waals surface area contributed by atoms with Crippen molar-refractivity contribution in [1.29, 1.82) is 0 Å². The molecule has 1 amide bonds. The molecule has 6 heteroatoms. The molecule has 0 bridgehead atoms. The van der Waals surface area contributed by atoms with Crippen molar-refractivity contribution in [3.63, 3.8) is 0 Å². The average Bonchev–Trinajstić information content (AvgIpc) is 3.20. The van der Waals surface area contributed by atoms with E-state index in [9.17, 15) is 19.5 Å². The predicted molar refractivity (Wildman–Crippen MR) is 130 cm³/mol. The first-order valence-corrected chi connectivity index (χ1v) is 13.3. The van der Waals surface area contributed by atoms with Gasteiger partial charge in [0.1, 0.15) is 5.60 Å². The molecule has 0 aliphatic heterocycles. The second-order valence-corrected chi connectivity index (χ2v) is 11.5. The average molecular weight is 466 g/mol. The second-order valence-electron chi connectivity index (χ2n) is 11.5. The van der Waals surface area contributed by atoms with Crippen LogP contribution in [-0.4, -0.2) is 34.6 Å². The van der Waals surface area contributed by atoms with E-state index in [1.54, 1.807) is 0 Å². The molecule has 0 heterocycles. The fraction of sp³-hybridized carbons (Fsp3) is 0.889. The van der Waals surface area contributed by atoms with Gasteiger partial charge < -0.3 is 15.2 Å². The molecular formula is C27H47NO5. The van der Waals surface area contributed by atoms with Crippen LogP contribution >= 0.6 is 0 Å². The molecule has 0 aromatic heterocycles. The lowest BCUT2D eigenvalue weighted by atomic mass is 9.73. The number of carboxylic acids is 1. The molecule has 2 fully saturated rings. The van der Waals surface area contributed by atoms with Crippen LogP contribution in [0, 0.1) is 23.2 Å². The van der Waals surface area contributed by atoms with Crippen molar-refractivity contribution in [3.05, 3.63) is 0 Å². The van der Waals surface area contributed by atoms with Crippen molar-refractivity contribution in [1.82, 2.24) is 5.32 Å². The molecule has 0 spiro atoms. The summed E-state index contributed by atoms with van der Waals surface area (Å²) >= 11 is 0. The van der Waals surface area contributed by atoms with Crippen molar-refractivity contribution >= 4 is 17.8 Å². The van der Waals surface area contributed by atoms with Crippen LogP contribution in [0.2, 0.25) is 0 Å². The predicted octanol–water partition coefficient (Wildman–Crippen LogP) is 5.87. The van der Waals surface area contributed by atoms with Crippen molar-refractivity contribution in [2.24, 2.45) is 23.2 Å². The summed E-state index contributed by atoms with van der Waals surface area (Å²) in [5.74, 6) is -1.27. The van der Waals surface area contributed by atoms with E-state index in [0.717, 1.165) is 64.2 Å². The van der Waals surface area contributed by atoms with Crippen molar-refractivity contribution in [3.8, 4) is 0 Å². The van der Waals surface area contributed by atoms with Gasteiger partial charge in [-0.2, -0.15) is 0 Å². The lowest BCUT2D eigenvalue weighted by Gasteiger charge is -2.38. The number of hydrogen-bond acceptors (Lipinski definition) is 4. The van der Waals surface area contributed by atoms with E-state index in [2.05, 4.69) is 19.2 Å². The summed E-state index contributed by atoms with van der Waals surface area (Å²) in [6.07, 6.45) is 10.8. The number of carbonyl (C=O) groups excluding carboxylic acids is 2. The Bertz CT molecular complexity index is 662. The molecule has 6 nitrogen and oxygen atoms in total. The molecule has 0 saturated heterocycles. The zero-order valence-electron chi connectivity index (χ0n) is 21.6. The third-order valence-corrected chi connectivity index (χ3v) is 7.62. The van der Waals surface area contributed by atoms with Gasteiger partial charge in [-0.05, 0) is 78.1 Å². The first-order valence-electron chi connectivity index (χ1n) is 13.3. The monoisotopic (exact) mass is 465 g/mol. The minimum atomic E-state index is -0.701. The molecule has 4 atom stereocenters. The molecule has 2 aliphatic carbocycles. The zero-order chi connectivity index (χ0) is 24.6. The van der Waals surface area contributed by atoms with Crippen LogP contribution in [0.15, 0.2) is 0 Å². The number of hydrogen-bond donors (Lipinski definition) is 2. The van der Waals surface area contributed by atoms with E-state index in [4.69, 9.17) is 4.74 Å².